The molecule has 0 radical (unpaired) electrons. The third-order valence-electron chi connectivity index (χ3n) is 5.13. The van der Waals surface area contributed by atoms with Gasteiger partial charge < -0.3 is 10.4 Å². The Hall–Kier alpha value is -1.16. The number of piperidine rings is 1. The van der Waals surface area contributed by atoms with Crippen molar-refractivity contribution < 1.29 is 5.11 Å². The van der Waals surface area contributed by atoms with Gasteiger partial charge in [0.2, 0.25) is 0 Å². The van der Waals surface area contributed by atoms with Crippen molar-refractivity contribution in [3.63, 3.8) is 0 Å². The van der Waals surface area contributed by atoms with Gasteiger partial charge in [0.1, 0.15) is 0 Å². The molecule has 1 aromatic carbocycles. The van der Waals surface area contributed by atoms with Crippen molar-refractivity contribution in [1.82, 2.24) is 10.2 Å². The Bertz CT molecular complexity index is 489. The van der Waals surface area contributed by atoms with Crippen molar-refractivity contribution in [2.75, 3.05) is 19.6 Å². The zero-order valence-electron chi connectivity index (χ0n) is 14.1. The topological polar surface area (TPSA) is 35.5 Å². The Morgan fingerprint density at radius 2 is 1.74 bits per heavy atom. The highest BCUT2D eigenvalue weighted by Gasteiger charge is 2.16. The number of hydrogen-bond acceptors (Lipinski definition) is 3. The highest BCUT2D eigenvalue weighted by atomic mass is 16.3. The smallest absolute Gasteiger partial charge is 0.0564 e. The maximum absolute atomic E-state index is 9.57. The molecule has 0 amide bonds. The van der Waals surface area contributed by atoms with Gasteiger partial charge in [-0.3, -0.25) is 4.90 Å². The van der Waals surface area contributed by atoms with Crippen molar-refractivity contribution in [3.8, 4) is 0 Å². The third kappa shape index (κ3) is 5.45. The van der Waals surface area contributed by atoms with Crippen molar-refractivity contribution in [2.45, 2.75) is 51.3 Å². The minimum atomic E-state index is -0.0839. The Balaban J connectivity index is 1.39. The summed E-state index contributed by atoms with van der Waals surface area (Å²) in [6, 6.07) is 9.01. The van der Waals surface area contributed by atoms with Gasteiger partial charge in [0.05, 0.1) is 6.10 Å². The highest BCUT2D eigenvalue weighted by Crippen LogP contribution is 2.17. The molecule has 1 unspecified atom stereocenters. The van der Waals surface area contributed by atoms with Crippen LogP contribution in [0.5, 0.6) is 0 Å². The summed E-state index contributed by atoms with van der Waals surface area (Å²) in [6.45, 7) is 5.13. The summed E-state index contributed by atoms with van der Waals surface area (Å²) in [7, 11) is 0. The minimum Gasteiger partial charge on any atom is -0.393 e. The van der Waals surface area contributed by atoms with Gasteiger partial charge in [-0.25, -0.2) is 0 Å². The molecule has 2 N–H and O–H groups in total. The molecule has 0 bridgehead atoms. The molecule has 3 nitrogen and oxygen atoms in total. The summed E-state index contributed by atoms with van der Waals surface area (Å²) in [5.41, 5.74) is 2.75. The van der Waals surface area contributed by atoms with Crippen LogP contribution in [0.15, 0.2) is 36.4 Å². The Morgan fingerprint density at radius 3 is 2.43 bits per heavy atom. The summed E-state index contributed by atoms with van der Waals surface area (Å²) in [6.07, 6.45) is 10.2. The van der Waals surface area contributed by atoms with Crippen LogP contribution in [0.1, 0.15) is 43.2 Å². The minimum absolute atomic E-state index is 0.0839. The zero-order valence-corrected chi connectivity index (χ0v) is 14.1. The maximum Gasteiger partial charge on any atom is 0.0564 e. The lowest BCUT2D eigenvalue weighted by Gasteiger charge is -2.29. The maximum atomic E-state index is 9.57. The van der Waals surface area contributed by atoms with E-state index < -0.39 is 0 Å². The predicted molar refractivity (Wildman–Crippen MR) is 95.1 cm³/mol. The van der Waals surface area contributed by atoms with Crippen LogP contribution >= 0.6 is 0 Å². The molecule has 1 aliphatic carbocycles. The fourth-order valence-corrected chi connectivity index (χ4v) is 3.56. The standard InChI is InChI=1S/C20H30N2O/c23-20-10-12-22(13-11-20)16-19-8-6-18(7-9-19)15-21-14-17-4-2-1-3-5-17/h1-2,6-9,17,20-21,23H,3-5,10-16H2. The SMILES string of the molecule is OC1CCN(Cc2ccc(CNCC3CC=CCC3)cc2)CC1. The number of allylic oxidation sites excluding steroid dienone is 2. The number of likely N-dealkylation sites (tertiary alicyclic amines) is 1. The number of nitrogens with one attached hydrogen (secondary N) is 1. The fraction of sp³-hybridized carbons (Fsp3) is 0.600. The van der Waals surface area contributed by atoms with Crippen molar-refractivity contribution in [3.05, 3.63) is 47.5 Å². The van der Waals surface area contributed by atoms with Crippen molar-refractivity contribution in [2.24, 2.45) is 5.92 Å². The Morgan fingerprint density at radius 1 is 1.00 bits per heavy atom. The van der Waals surface area contributed by atoms with Gasteiger partial charge in [-0.1, -0.05) is 36.4 Å². The second-order valence-electron chi connectivity index (χ2n) is 7.11. The van der Waals surface area contributed by atoms with E-state index in [1.165, 1.54) is 30.4 Å². The number of hydrogen-bond donors (Lipinski definition) is 2. The van der Waals surface area contributed by atoms with Crippen LogP contribution in [0.25, 0.3) is 0 Å². The number of rotatable bonds is 6. The first-order valence-electron chi connectivity index (χ1n) is 9.13. The molecule has 0 spiro atoms. The molecular formula is C20H30N2O. The molecule has 3 rings (SSSR count). The van der Waals surface area contributed by atoms with Gasteiger partial charge in [-0.2, -0.15) is 0 Å². The van der Waals surface area contributed by atoms with E-state index >= 15 is 0 Å². The van der Waals surface area contributed by atoms with E-state index in [9.17, 15) is 5.11 Å². The number of aliphatic hydroxyl groups is 1. The lowest BCUT2D eigenvalue weighted by Crippen LogP contribution is -2.35. The lowest BCUT2D eigenvalue weighted by atomic mass is 9.94. The average molecular weight is 314 g/mol. The first-order chi connectivity index (χ1) is 11.3. The quantitative estimate of drug-likeness (QED) is 0.792. The van der Waals surface area contributed by atoms with E-state index in [0.29, 0.717) is 0 Å². The molecule has 1 aromatic rings. The summed E-state index contributed by atoms with van der Waals surface area (Å²) in [5, 5.41) is 13.2. The molecule has 1 fully saturated rings. The van der Waals surface area contributed by atoms with E-state index in [1.807, 2.05) is 0 Å². The predicted octanol–water partition coefficient (Wildman–Crippen LogP) is 3.09. The highest BCUT2D eigenvalue weighted by molar-refractivity contribution is 5.22. The number of aliphatic hydroxyl groups excluding tert-OH is 1. The van der Waals surface area contributed by atoms with Crippen LogP contribution in [-0.2, 0) is 13.1 Å². The van der Waals surface area contributed by atoms with Crippen LogP contribution in [0.3, 0.4) is 0 Å². The second-order valence-corrected chi connectivity index (χ2v) is 7.11. The van der Waals surface area contributed by atoms with Gasteiger partial charge in [0.25, 0.3) is 0 Å². The van der Waals surface area contributed by atoms with Crippen LogP contribution in [0.4, 0.5) is 0 Å². The van der Waals surface area contributed by atoms with E-state index in [4.69, 9.17) is 0 Å². The van der Waals surface area contributed by atoms with Crippen molar-refractivity contribution >= 4 is 0 Å². The molecule has 0 saturated carbocycles. The average Bonchev–Trinajstić information content (AvgIpc) is 2.59. The third-order valence-corrected chi connectivity index (χ3v) is 5.13. The molecule has 1 saturated heterocycles. The van der Waals surface area contributed by atoms with E-state index in [2.05, 4.69) is 46.6 Å². The van der Waals surface area contributed by atoms with E-state index in [-0.39, 0.29) is 6.10 Å². The van der Waals surface area contributed by atoms with Gasteiger partial charge in [0.15, 0.2) is 0 Å². The molecule has 126 valence electrons. The summed E-state index contributed by atoms with van der Waals surface area (Å²) in [5.74, 6) is 0.814. The van der Waals surface area contributed by atoms with Crippen molar-refractivity contribution in [1.29, 1.82) is 0 Å². The van der Waals surface area contributed by atoms with Crippen LogP contribution in [0, 0.1) is 5.92 Å². The van der Waals surface area contributed by atoms with Gasteiger partial charge >= 0.3 is 0 Å². The van der Waals surface area contributed by atoms with Crippen LogP contribution in [-0.4, -0.2) is 35.7 Å². The van der Waals surface area contributed by atoms with E-state index in [1.54, 1.807) is 0 Å². The normalized spacial score (nSPS) is 23.3. The molecule has 1 aliphatic heterocycles. The van der Waals surface area contributed by atoms with Crippen LogP contribution < -0.4 is 5.32 Å². The molecule has 0 aromatic heterocycles. The zero-order chi connectivity index (χ0) is 15.9. The first-order valence-corrected chi connectivity index (χ1v) is 9.13. The molecular weight excluding hydrogens is 284 g/mol. The van der Waals surface area contributed by atoms with Crippen LogP contribution in [0.2, 0.25) is 0 Å². The van der Waals surface area contributed by atoms with Gasteiger partial charge in [-0.05, 0) is 55.7 Å². The van der Waals surface area contributed by atoms with E-state index in [0.717, 1.165) is 51.5 Å². The summed E-state index contributed by atoms with van der Waals surface area (Å²) in [4.78, 5) is 2.44. The number of nitrogens with zero attached hydrogens (tertiary/aromatic N) is 1. The lowest BCUT2D eigenvalue weighted by molar-refractivity contribution is 0.0792. The molecule has 23 heavy (non-hydrogen) atoms. The molecule has 1 atom stereocenters. The van der Waals surface area contributed by atoms with Gasteiger partial charge in [-0.15, -0.1) is 0 Å². The first kappa shape index (κ1) is 16.7. The summed E-state index contributed by atoms with van der Waals surface area (Å²) < 4.78 is 0. The largest absolute Gasteiger partial charge is 0.393 e. The summed E-state index contributed by atoms with van der Waals surface area (Å²) >= 11 is 0. The second kappa shape index (κ2) is 8.62. The molecule has 2 aliphatic rings. The monoisotopic (exact) mass is 314 g/mol. The Kier molecular flexibility index (Phi) is 6.26. The molecule has 3 heteroatoms. The Labute approximate surface area is 140 Å². The number of benzene rings is 1. The molecule has 1 heterocycles. The van der Waals surface area contributed by atoms with Gasteiger partial charge in [0, 0.05) is 26.2 Å². The fourth-order valence-electron chi connectivity index (χ4n) is 3.56.